The third-order valence-corrected chi connectivity index (χ3v) is 8.99. The van der Waals surface area contributed by atoms with E-state index in [1.54, 1.807) is 0 Å². The lowest BCUT2D eigenvalue weighted by atomic mass is 9.87. The number of benzene rings is 2. The first-order valence-electron chi connectivity index (χ1n) is 10.7. The predicted molar refractivity (Wildman–Crippen MR) is 128 cm³/mol. The van der Waals surface area contributed by atoms with E-state index in [0.717, 1.165) is 31.5 Å². The summed E-state index contributed by atoms with van der Waals surface area (Å²) in [6.45, 7) is 1.52. The molecule has 2 heterocycles. The van der Waals surface area contributed by atoms with Crippen LogP contribution in [0.1, 0.15) is 36.8 Å². The summed E-state index contributed by atoms with van der Waals surface area (Å²) >= 11 is 23.8. The molecule has 0 spiro atoms. The van der Waals surface area contributed by atoms with Crippen molar-refractivity contribution in [3.05, 3.63) is 67.6 Å². The molecule has 0 aromatic heterocycles. The standard InChI is InChI=1S/2C12H11Cl2NO/c13-9-2-1-7(3-10(9)14)12-4-8(12)6-15-11(16)5-12;13-9-2-1-7(3-10(9)14)12-5-8(12)4-11(16)15-6-12/h2*1-3,8H,4-6H2,(H,15,16)/t8-,12+;8-,12-/m01/s1. The summed E-state index contributed by atoms with van der Waals surface area (Å²) in [6.07, 6.45) is 3.36. The molecule has 2 aromatic rings. The van der Waals surface area contributed by atoms with Crippen LogP contribution in [0.15, 0.2) is 36.4 Å². The van der Waals surface area contributed by atoms with Crippen LogP contribution < -0.4 is 10.6 Å². The van der Waals surface area contributed by atoms with Crippen molar-refractivity contribution >= 4 is 58.2 Å². The number of carbonyl (C=O) groups is 2. The SMILES string of the molecule is O=C1C[C@@H]2C[C@]2(c2ccc(Cl)c(Cl)c2)CN1.O=C1C[C@@]2(c3ccc(Cl)c(Cl)c3)C[C@H]2CN1. The zero-order valence-corrected chi connectivity index (χ0v) is 20.2. The normalized spacial score (nSPS) is 31.9. The number of nitrogens with one attached hydrogen (secondary N) is 2. The van der Waals surface area contributed by atoms with Crippen LogP contribution in [-0.2, 0) is 20.4 Å². The van der Waals surface area contributed by atoms with E-state index in [2.05, 4.69) is 10.6 Å². The van der Waals surface area contributed by atoms with Crippen molar-refractivity contribution in [2.75, 3.05) is 13.1 Å². The van der Waals surface area contributed by atoms with Crippen molar-refractivity contribution in [1.82, 2.24) is 10.6 Å². The van der Waals surface area contributed by atoms with Gasteiger partial charge in [0.15, 0.2) is 0 Å². The lowest BCUT2D eigenvalue weighted by molar-refractivity contribution is -0.123. The zero-order chi connectivity index (χ0) is 22.7. The molecule has 2 aliphatic carbocycles. The molecule has 32 heavy (non-hydrogen) atoms. The molecule has 0 bridgehead atoms. The first-order valence-corrected chi connectivity index (χ1v) is 12.2. The van der Waals surface area contributed by atoms with Gasteiger partial charge >= 0.3 is 0 Å². The molecule has 168 valence electrons. The molecule has 0 unspecified atom stereocenters. The molecule has 2 amide bonds. The summed E-state index contributed by atoms with van der Waals surface area (Å²) < 4.78 is 0. The van der Waals surface area contributed by atoms with E-state index in [0.29, 0.717) is 44.8 Å². The molecule has 6 rings (SSSR count). The molecule has 2 aromatic carbocycles. The van der Waals surface area contributed by atoms with Crippen molar-refractivity contribution in [1.29, 1.82) is 0 Å². The van der Waals surface area contributed by atoms with E-state index in [1.165, 1.54) is 5.56 Å². The summed E-state index contributed by atoms with van der Waals surface area (Å²) in [5.41, 5.74) is 2.52. The molecule has 2 aliphatic heterocycles. The number of carbonyl (C=O) groups excluding carboxylic acids is 2. The highest BCUT2D eigenvalue weighted by Gasteiger charge is 2.59. The maximum Gasteiger partial charge on any atom is 0.220 e. The number of piperidine rings is 2. The monoisotopic (exact) mass is 510 g/mol. The van der Waals surface area contributed by atoms with Crippen molar-refractivity contribution in [2.45, 2.75) is 36.5 Å². The van der Waals surface area contributed by atoms with Crippen LogP contribution >= 0.6 is 46.4 Å². The van der Waals surface area contributed by atoms with Gasteiger partial charge in [-0.25, -0.2) is 0 Å². The Labute approximate surface area is 206 Å². The Kier molecular flexibility index (Phi) is 5.65. The van der Waals surface area contributed by atoms with Crippen LogP contribution in [-0.4, -0.2) is 24.9 Å². The molecular weight excluding hydrogens is 490 g/mol. The van der Waals surface area contributed by atoms with Crippen molar-refractivity contribution in [3.8, 4) is 0 Å². The smallest absolute Gasteiger partial charge is 0.220 e. The van der Waals surface area contributed by atoms with E-state index in [4.69, 9.17) is 46.4 Å². The summed E-state index contributed by atoms with van der Waals surface area (Å²) in [7, 11) is 0. The first kappa shape index (κ1) is 22.3. The van der Waals surface area contributed by atoms with Crippen LogP contribution in [0.3, 0.4) is 0 Å². The Hall–Kier alpha value is -1.46. The molecule has 0 radical (unpaired) electrons. The number of halogens is 4. The fraction of sp³-hybridized carbons (Fsp3) is 0.417. The molecule has 8 heteroatoms. The van der Waals surface area contributed by atoms with Gasteiger partial charge in [0.1, 0.15) is 0 Å². The highest BCUT2D eigenvalue weighted by atomic mass is 35.5. The van der Waals surface area contributed by atoms with Gasteiger partial charge in [-0.1, -0.05) is 58.5 Å². The zero-order valence-electron chi connectivity index (χ0n) is 17.2. The van der Waals surface area contributed by atoms with Crippen LogP contribution in [0.25, 0.3) is 0 Å². The highest BCUT2D eigenvalue weighted by Crippen LogP contribution is 2.59. The average Bonchev–Trinajstić information content (AvgIpc) is 3.66. The van der Waals surface area contributed by atoms with Crippen molar-refractivity contribution in [2.24, 2.45) is 11.8 Å². The van der Waals surface area contributed by atoms with Gasteiger partial charge in [-0.05, 0) is 60.1 Å². The molecule has 2 saturated carbocycles. The van der Waals surface area contributed by atoms with Gasteiger partial charge in [-0.15, -0.1) is 0 Å². The quantitative estimate of drug-likeness (QED) is 0.555. The van der Waals surface area contributed by atoms with Crippen LogP contribution in [0.2, 0.25) is 20.1 Å². The van der Waals surface area contributed by atoms with Crippen LogP contribution in [0, 0.1) is 11.8 Å². The van der Waals surface area contributed by atoms with Gasteiger partial charge in [0.05, 0.1) is 20.1 Å². The van der Waals surface area contributed by atoms with E-state index in [1.807, 2.05) is 36.4 Å². The lowest BCUT2D eigenvalue weighted by Crippen LogP contribution is -2.38. The average molecular weight is 512 g/mol. The lowest BCUT2D eigenvalue weighted by Gasteiger charge is -2.23. The van der Waals surface area contributed by atoms with E-state index in [-0.39, 0.29) is 22.6 Å². The summed E-state index contributed by atoms with van der Waals surface area (Å²) in [5.74, 6) is 1.36. The van der Waals surface area contributed by atoms with E-state index >= 15 is 0 Å². The number of fused-ring (bicyclic) bond motifs is 2. The van der Waals surface area contributed by atoms with Crippen molar-refractivity contribution < 1.29 is 9.59 Å². The minimum absolute atomic E-state index is 0.0383. The number of amides is 2. The Morgan fingerprint density at radius 1 is 0.719 bits per heavy atom. The highest BCUT2D eigenvalue weighted by molar-refractivity contribution is 6.42. The molecule has 4 aliphatic rings. The Morgan fingerprint density at radius 2 is 1.31 bits per heavy atom. The van der Waals surface area contributed by atoms with Gasteiger partial charge in [0.25, 0.3) is 0 Å². The summed E-state index contributed by atoms with van der Waals surface area (Å²) in [5, 5.41) is 8.15. The Bertz CT molecular complexity index is 1120. The molecule has 4 nitrogen and oxygen atoms in total. The number of hydrogen-bond donors (Lipinski definition) is 2. The fourth-order valence-electron chi connectivity index (χ4n) is 5.39. The van der Waals surface area contributed by atoms with Crippen LogP contribution in [0.4, 0.5) is 0 Å². The molecule has 4 fully saturated rings. The Balaban J connectivity index is 0.000000135. The molecule has 2 N–H and O–H groups in total. The minimum Gasteiger partial charge on any atom is -0.356 e. The minimum atomic E-state index is 0.0383. The van der Waals surface area contributed by atoms with Crippen LogP contribution in [0.5, 0.6) is 0 Å². The second kappa shape index (κ2) is 8.09. The fourth-order valence-corrected chi connectivity index (χ4v) is 5.99. The number of rotatable bonds is 2. The second-order valence-corrected chi connectivity index (χ2v) is 11.0. The van der Waals surface area contributed by atoms with Gasteiger partial charge in [0.2, 0.25) is 11.8 Å². The second-order valence-electron chi connectivity index (χ2n) is 9.33. The van der Waals surface area contributed by atoms with Crippen molar-refractivity contribution in [3.63, 3.8) is 0 Å². The maximum atomic E-state index is 11.5. The van der Waals surface area contributed by atoms with E-state index in [9.17, 15) is 9.59 Å². The third-order valence-electron chi connectivity index (χ3n) is 7.51. The summed E-state index contributed by atoms with van der Waals surface area (Å²) in [4.78, 5) is 22.7. The van der Waals surface area contributed by atoms with Gasteiger partial charge in [-0.3, -0.25) is 9.59 Å². The third kappa shape index (κ3) is 3.90. The molecular formula is C24H22Cl4N2O2. The van der Waals surface area contributed by atoms with E-state index < -0.39 is 0 Å². The molecule has 4 atom stereocenters. The predicted octanol–water partition coefficient (Wildman–Crippen LogP) is 5.54. The van der Waals surface area contributed by atoms with Gasteiger partial charge < -0.3 is 10.6 Å². The van der Waals surface area contributed by atoms with Gasteiger partial charge in [0, 0.05) is 36.8 Å². The maximum absolute atomic E-state index is 11.5. The van der Waals surface area contributed by atoms with Gasteiger partial charge in [-0.2, -0.15) is 0 Å². The number of hydrogen-bond acceptors (Lipinski definition) is 2. The Morgan fingerprint density at radius 3 is 1.91 bits per heavy atom. The topological polar surface area (TPSA) is 58.2 Å². The largest absolute Gasteiger partial charge is 0.356 e. The molecule has 2 saturated heterocycles. The first-order chi connectivity index (χ1) is 15.2. The summed E-state index contributed by atoms with van der Waals surface area (Å²) in [6, 6.07) is 11.5.